The number of carbonyl (C=O) groups excluding carboxylic acids is 1. The predicted molar refractivity (Wildman–Crippen MR) is 143 cm³/mol. The van der Waals surface area contributed by atoms with Crippen molar-refractivity contribution in [1.82, 2.24) is 14.8 Å². The van der Waals surface area contributed by atoms with Crippen LogP contribution in [0.5, 0.6) is 5.75 Å². The molecule has 0 spiro atoms. The van der Waals surface area contributed by atoms with Gasteiger partial charge in [0.1, 0.15) is 24.2 Å². The van der Waals surface area contributed by atoms with Crippen LogP contribution in [-0.4, -0.2) is 33.9 Å². The van der Waals surface area contributed by atoms with Gasteiger partial charge in [0.25, 0.3) is 0 Å². The van der Waals surface area contributed by atoms with Crippen molar-refractivity contribution in [2.45, 2.75) is 50.1 Å². The summed E-state index contributed by atoms with van der Waals surface area (Å²) in [6.07, 6.45) is 4.79. The third-order valence-corrected chi connectivity index (χ3v) is 6.80. The van der Waals surface area contributed by atoms with Crippen molar-refractivity contribution in [3.63, 3.8) is 0 Å². The van der Waals surface area contributed by atoms with Crippen LogP contribution in [0.3, 0.4) is 0 Å². The summed E-state index contributed by atoms with van der Waals surface area (Å²) in [5.74, 6) is 0.919. The molecule has 7 nitrogen and oxygen atoms in total. The molecule has 3 aromatic rings. The van der Waals surface area contributed by atoms with Crippen molar-refractivity contribution in [2.24, 2.45) is 0 Å². The van der Waals surface area contributed by atoms with E-state index in [0.717, 1.165) is 30.6 Å². The van der Waals surface area contributed by atoms with E-state index in [4.69, 9.17) is 9.47 Å². The molecule has 1 aliphatic rings. The van der Waals surface area contributed by atoms with Gasteiger partial charge in [-0.1, -0.05) is 74.5 Å². The van der Waals surface area contributed by atoms with E-state index < -0.39 is 12.0 Å². The fourth-order valence-electron chi connectivity index (χ4n) is 4.02. The minimum atomic E-state index is -0.557. The maximum Gasteiger partial charge on any atom is 0.338 e. The van der Waals surface area contributed by atoms with E-state index in [-0.39, 0.29) is 12.4 Å². The Kier molecular flexibility index (Phi) is 9.00. The molecule has 1 aliphatic heterocycles. The van der Waals surface area contributed by atoms with Gasteiger partial charge in [-0.3, -0.25) is 0 Å². The summed E-state index contributed by atoms with van der Waals surface area (Å²) in [5.41, 5.74) is 2.47. The van der Waals surface area contributed by atoms with Crippen molar-refractivity contribution < 1.29 is 18.7 Å². The van der Waals surface area contributed by atoms with Gasteiger partial charge < -0.3 is 14.8 Å². The van der Waals surface area contributed by atoms with E-state index in [0.29, 0.717) is 40.3 Å². The van der Waals surface area contributed by atoms with Crippen molar-refractivity contribution in [2.75, 3.05) is 18.5 Å². The second-order valence-corrected chi connectivity index (χ2v) is 9.56. The van der Waals surface area contributed by atoms with Gasteiger partial charge >= 0.3 is 5.97 Å². The van der Waals surface area contributed by atoms with Crippen LogP contribution in [-0.2, 0) is 15.3 Å². The molecule has 1 atom stereocenters. The molecule has 0 fully saturated rings. The number of thioether (sulfide) groups is 1. The molecule has 1 aromatic heterocycles. The van der Waals surface area contributed by atoms with E-state index in [1.54, 1.807) is 22.9 Å². The number of benzene rings is 2. The molecule has 0 bridgehead atoms. The summed E-state index contributed by atoms with van der Waals surface area (Å²) in [4.78, 5) is 17.7. The minimum absolute atomic E-state index is 0.0980. The number of ether oxygens (including phenoxy) is 2. The first-order valence-corrected chi connectivity index (χ1v) is 13.3. The van der Waals surface area contributed by atoms with Gasteiger partial charge in [-0.05, 0) is 42.7 Å². The van der Waals surface area contributed by atoms with E-state index in [1.165, 1.54) is 23.9 Å². The lowest BCUT2D eigenvalue weighted by Crippen LogP contribution is -2.29. The minimum Gasteiger partial charge on any atom is -0.494 e. The number of carbonyl (C=O) groups is 1. The highest BCUT2D eigenvalue weighted by Gasteiger charge is 2.35. The van der Waals surface area contributed by atoms with Crippen LogP contribution >= 0.6 is 11.8 Å². The summed E-state index contributed by atoms with van der Waals surface area (Å²) >= 11 is 1.33. The van der Waals surface area contributed by atoms with E-state index in [2.05, 4.69) is 28.9 Å². The standard InChI is InChI=1S/C28H31FN4O3S/c1-4-6-9-17-35-22-14-12-20(13-15-22)25-24(26(34)36-16-5-2)19(3)30-27-31-28(32-33(25)27)37-18-21-10-7-8-11-23(21)29/h5,7-8,10-15,25H,2,4,6,9,16-18H2,1,3H3,(H,30,31,32). The lowest BCUT2D eigenvalue weighted by molar-refractivity contribution is -0.138. The van der Waals surface area contributed by atoms with Crippen LogP contribution in [0, 0.1) is 5.82 Å². The van der Waals surface area contributed by atoms with Gasteiger partial charge in [-0.2, -0.15) is 4.98 Å². The topological polar surface area (TPSA) is 78.3 Å². The number of fused-ring (bicyclic) bond motifs is 1. The highest BCUT2D eigenvalue weighted by atomic mass is 32.2. The SMILES string of the molecule is C=CCOC(=O)C1=C(C)Nc2nc(SCc3ccccc3F)nn2C1c1ccc(OCCCCC)cc1. The average molecular weight is 523 g/mol. The van der Waals surface area contributed by atoms with Gasteiger partial charge in [0, 0.05) is 11.4 Å². The summed E-state index contributed by atoms with van der Waals surface area (Å²) in [6, 6.07) is 13.7. The molecule has 9 heteroatoms. The predicted octanol–water partition coefficient (Wildman–Crippen LogP) is 6.30. The molecule has 37 heavy (non-hydrogen) atoms. The summed E-state index contributed by atoms with van der Waals surface area (Å²) in [7, 11) is 0. The Balaban J connectivity index is 1.62. The number of hydrogen-bond donors (Lipinski definition) is 1. The lowest BCUT2D eigenvalue weighted by Gasteiger charge is -2.28. The molecular weight excluding hydrogens is 491 g/mol. The molecule has 0 saturated heterocycles. The summed E-state index contributed by atoms with van der Waals surface area (Å²) < 4.78 is 27.0. The zero-order valence-corrected chi connectivity index (χ0v) is 21.9. The second kappa shape index (κ2) is 12.6. The monoisotopic (exact) mass is 522 g/mol. The van der Waals surface area contributed by atoms with Crippen LogP contribution in [0.4, 0.5) is 10.3 Å². The number of esters is 1. The normalized spacial score (nSPS) is 14.6. The highest BCUT2D eigenvalue weighted by Crippen LogP contribution is 2.37. The molecule has 2 heterocycles. The van der Waals surface area contributed by atoms with Crippen molar-refractivity contribution >= 4 is 23.7 Å². The number of aromatic nitrogens is 3. The molecule has 2 aromatic carbocycles. The van der Waals surface area contributed by atoms with Crippen molar-refractivity contribution in [3.8, 4) is 5.75 Å². The number of nitrogens with zero attached hydrogens (tertiary/aromatic N) is 3. The molecular formula is C28H31FN4O3S. The largest absolute Gasteiger partial charge is 0.494 e. The first kappa shape index (κ1) is 26.5. The Labute approximate surface area is 220 Å². The Hall–Kier alpha value is -3.59. The molecule has 0 saturated carbocycles. The molecule has 1 N–H and O–H groups in total. The van der Waals surface area contributed by atoms with Gasteiger partial charge in [0.2, 0.25) is 11.1 Å². The Morgan fingerprint density at radius 2 is 2.00 bits per heavy atom. The van der Waals surface area contributed by atoms with Gasteiger partial charge in [0.15, 0.2) is 0 Å². The molecule has 0 radical (unpaired) electrons. The van der Waals surface area contributed by atoms with Gasteiger partial charge in [-0.15, -0.1) is 5.10 Å². The molecule has 0 amide bonds. The fraction of sp³-hybridized carbons (Fsp3) is 0.321. The van der Waals surface area contributed by atoms with Crippen molar-refractivity contribution in [1.29, 1.82) is 0 Å². The number of halogens is 1. The number of unbranched alkanes of at least 4 members (excludes halogenated alkanes) is 2. The third kappa shape index (κ3) is 6.40. The number of hydrogen-bond acceptors (Lipinski definition) is 7. The van der Waals surface area contributed by atoms with Crippen LogP contribution in [0.25, 0.3) is 0 Å². The Bertz CT molecular complexity index is 1270. The maximum absolute atomic E-state index is 14.1. The van der Waals surface area contributed by atoms with Crippen LogP contribution < -0.4 is 10.1 Å². The molecule has 1 unspecified atom stereocenters. The maximum atomic E-state index is 14.1. The van der Waals surface area contributed by atoms with E-state index >= 15 is 0 Å². The zero-order chi connectivity index (χ0) is 26.2. The number of nitrogens with one attached hydrogen (secondary N) is 1. The third-order valence-electron chi connectivity index (χ3n) is 5.91. The number of allylic oxidation sites excluding steroid dienone is 1. The lowest BCUT2D eigenvalue weighted by atomic mass is 9.96. The van der Waals surface area contributed by atoms with Crippen LogP contribution in [0.15, 0.2) is 77.6 Å². The summed E-state index contributed by atoms with van der Waals surface area (Å²) in [6.45, 7) is 8.36. The highest BCUT2D eigenvalue weighted by molar-refractivity contribution is 7.98. The van der Waals surface area contributed by atoms with Crippen LogP contribution in [0.2, 0.25) is 0 Å². The van der Waals surface area contributed by atoms with Crippen LogP contribution in [0.1, 0.15) is 50.3 Å². The molecule has 0 aliphatic carbocycles. The zero-order valence-electron chi connectivity index (χ0n) is 21.1. The number of anilines is 1. The molecule has 4 rings (SSSR count). The summed E-state index contributed by atoms with van der Waals surface area (Å²) in [5, 5.41) is 8.33. The molecule has 194 valence electrons. The van der Waals surface area contributed by atoms with E-state index in [1.807, 2.05) is 31.2 Å². The van der Waals surface area contributed by atoms with Gasteiger partial charge in [0.05, 0.1) is 12.2 Å². The first-order valence-electron chi connectivity index (χ1n) is 12.3. The second-order valence-electron chi connectivity index (χ2n) is 8.62. The van der Waals surface area contributed by atoms with E-state index in [9.17, 15) is 9.18 Å². The quantitative estimate of drug-likeness (QED) is 0.129. The van der Waals surface area contributed by atoms with Gasteiger partial charge in [-0.25, -0.2) is 13.9 Å². The fourth-order valence-corrected chi connectivity index (χ4v) is 4.84. The van der Waals surface area contributed by atoms with Crippen molar-refractivity contribution in [3.05, 3.63) is 89.4 Å². The first-order chi connectivity index (χ1) is 18.0. The Morgan fingerprint density at radius 3 is 2.73 bits per heavy atom. The smallest absolute Gasteiger partial charge is 0.338 e. The average Bonchev–Trinajstić information content (AvgIpc) is 3.31. The Morgan fingerprint density at radius 1 is 1.22 bits per heavy atom. The number of rotatable bonds is 12.